The zero-order chi connectivity index (χ0) is 11.8. The normalized spacial score (nSPS) is 10.9. The Balaban J connectivity index is 2.32. The van der Waals surface area contributed by atoms with E-state index in [-0.39, 0.29) is 0 Å². The number of para-hydroxylation sites is 1. The van der Waals surface area contributed by atoms with E-state index in [1.807, 2.05) is 12.4 Å². The number of fused-ring (bicyclic) bond motifs is 1. The molecule has 0 aliphatic heterocycles. The van der Waals surface area contributed by atoms with Crippen molar-refractivity contribution < 1.29 is 0 Å². The van der Waals surface area contributed by atoms with Crippen LogP contribution in [0.4, 0.5) is 0 Å². The molecule has 0 radical (unpaired) electrons. The van der Waals surface area contributed by atoms with E-state index in [0.717, 1.165) is 0 Å². The molecule has 0 amide bonds. The fourth-order valence-electron chi connectivity index (χ4n) is 2.31. The maximum Gasteiger partial charge on any atom is 0.0492 e. The van der Waals surface area contributed by atoms with Crippen LogP contribution >= 0.6 is 0 Å². The van der Waals surface area contributed by atoms with Gasteiger partial charge in [-0.2, -0.15) is 0 Å². The Bertz CT molecular complexity index is 680. The van der Waals surface area contributed by atoms with Crippen LogP contribution in [-0.2, 0) is 7.05 Å². The first kappa shape index (κ1) is 10.1. The molecular weight excluding hydrogens is 208 g/mol. The van der Waals surface area contributed by atoms with E-state index >= 15 is 0 Å². The van der Waals surface area contributed by atoms with Crippen LogP contribution in [0.1, 0.15) is 5.56 Å². The third-order valence-electron chi connectivity index (χ3n) is 3.25. The zero-order valence-corrected chi connectivity index (χ0v) is 10.0. The van der Waals surface area contributed by atoms with Gasteiger partial charge < -0.3 is 4.57 Å². The molecule has 0 aliphatic rings. The van der Waals surface area contributed by atoms with Crippen molar-refractivity contribution in [2.45, 2.75) is 6.92 Å². The average molecular weight is 222 g/mol. The molecule has 2 heterocycles. The maximum atomic E-state index is 4.14. The lowest BCUT2D eigenvalue weighted by Gasteiger charge is -2.06. The van der Waals surface area contributed by atoms with Crippen LogP contribution in [0.3, 0.4) is 0 Å². The van der Waals surface area contributed by atoms with Gasteiger partial charge >= 0.3 is 0 Å². The van der Waals surface area contributed by atoms with Crippen molar-refractivity contribution in [3.8, 4) is 11.3 Å². The minimum Gasteiger partial charge on any atom is -0.344 e. The highest BCUT2D eigenvalue weighted by Gasteiger charge is 2.08. The number of rotatable bonds is 1. The molecule has 0 aliphatic carbocycles. The molecule has 2 aromatic heterocycles. The molecule has 3 aromatic rings. The van der Waals surface area contributed by atoms with Crippen LogP contribution in [0, 0.1) is 6.92 Å². The molecular formula is C15H14N2. The maximum absolute atomic E-state index is 4.14. The summed E-state index contributed by atoms with van der Waals surface area (Å²) in [6.07, 6.45) is 3.76. The molecule has 1 aromatic carbocycles. The van der Waals surface area contributed by atoms with Crippen molar-refractivity contribution in [3.05, 3.63) is 54.4 Å². The van der Waals surface area contributed by atoms with E-state index in [1.165, 1.54) is 27.7 Å². The van der Waals surface area contributed by atoms with Crippen molar-refractivity contribution in [2.24, 2.45) is 7.05 Å². The molecule has 0 fully saturated rings. The summed E-state index contributed by atoms with van der Waals surface area (Å²) in [7, 11) is 2.11. The van der Waals surface area contributed by atoms with Gasteiger partial charge in [-0.1, -0.05) is 18.2 Å². The lowest BCUT2D eigenvalue weighted by Crippen LogP contribution is -1.93. The highest BCUT2D eigenvalue weighted by Crippen LogP contribution is 2.28. The molecule has 17 heavy (non-hydrogen) atoms. The van der Waals surface area contributed by atoms with Gasteiger partial charge in [-0.05, 0) is 30.7 Å². The molecule has 0 saturated heterocycles. The summed E-state index contributed by atoms with van der Waals surface area (Å²) >= 11 is 0. The van der Waals surface area contributed by atoms with E-state index in [9.17, 15) is 0 Å². The van der Waals surface area contributed by atoms with Crippen molar-refractivity contribution in [2.75, 3.05) is 0 Å². The summed E-state index contributed by atoms with van der Waals surface area (Å²) in [5, 5.41) is 1.28. The molecule has 0 unspecified atom stereocenters. The van der Waals surface area contributed by atoms with Gasteiger partial charge in [0.2, 0.25) is 0 Å². The SMILES string of the molecule is Cc1cnccc1-c1cc2ccccc2n1C. The molecule has 0 saturated carbocycles. The van der Waals surface area contributed by atoms with Gasteiger partial charge in [0.1, 0.15) is 0 Å². The second-order valence-corrected chi connectivity index (χ2v) is 4.34. The Morgan fingerprint density at radius 3 is 2.71 bits per heavy atom. The van der Waals surface area contributed by atoms with Gasteiger partial charge in [-0.3, -0.25) is 4.98 Å². The lowest BCUT2D eigenvalue weighted by atomic mass is 10.1. The average Bonchev–Trinajstić information content (AvgIpc) is 2.68. The van der Waals surface area contributed by atoms with Crippen LogP contribution in [0.25, 0.3) is 22.2 Å². The Morgan fingerprint density at radius 1 is 1.12 bits per heavy atom. The van der Waals surface area contributed by atoms with Gasteiger partial charge in [0.15, 0.2) is 0 Å². The highest BCUT2D eigenvalue weighted by molar-refractivity contribution is 5.87. The molecule has 0 spiro atoms. The van der Waals surface area contributed by atoms with E-state index in [0.29, 0.717) is 0 Å². The van der Waals surface area contributed by atoms with Crippen LogP contribution in [0.5, 0.6) is 0 Å². The Hall–Kier alpha value is -2.09. The number of benzene rings is 1. The Kier molecular flexibility index (Phi) is 2.22. The first-order valence-electron chi connectivity index (χ1n) is 5.73. The predicted octanol–water partition coefficient (Wildman–Crippen LogP) is 3.55. The molecule has 0 atom stereocenters. The predicted molar refractivity (Wildman–Crippen MR) is 70.9 cm³/mol. The Morgan fingerprint density at radius 2 is 1.94 bits per heavy atom. The van der Waals surface area contributed by atoms with Crippen LogP contribution in [0.2, 0.25) is 0 Å². The summed E-state index contributed by atoms with van der Waals surface area (Å²) in [6, 6.07) is 12.8. The van der Waals surface area contributed by atoms with Crippen LogP contribution < -0.4 is 0 Å². The van der Waals surface area contributed by atoms with E-state index in [2.05, 4.69) is 59.9 Å². The standard InChI is InChI=1S/C15H14N2/c1-11-10-16-8-7-13(11)15-9-12-5-3-4-6-14(12)17(15)2/h3-10H,1-2H3. The van der Waals surface area contributed by atoms with E-state index < -0.39 is 0 Å². The van der Waals surface area contributed by atoms with Gasteiger partial charge in [0.25, 0.3) is 0 Å². The number of pyridine rings is 1. The summed E-state index contributed by atoms with van der Waals surface area (Å²) in [4.78, 5) is 4.14. The first-order valence-corrected chi connectivity index (χ1v) is 5.73. The van der Waals surface area contributed by atoms with Gasteiger partial charge in [-0.25, -0.2) is 0 Å². The van der Waals surface area contributed by atoms with Gasteiger partial charge in [-0.15, -0.1) is 0 Å². The molecule has 2 heteroatoms. The zero-order valence-electron chi connectivity index (χ0n) is 10.0. The molecule has 2 nitrogen and oxygen atoms in total. The third kappa shape index (κ3) is 1.53. The van der Waals surface area contributed by atoms with Crippen molar-refractivity contribution >= 4 is 10.9 Å². The van der Waals surface area contributed by atoms with E-state index in [1.54, 1.807) is 0 Å². The molecule has 3 rings (SSSR count). The Labute approximate surface area is 101 Å². The minimum absolute atomic E-state index is 1.21. The third-order valence-corrected chi connectivity index (χ3v) is 3.25. The van der Waals surface area contributed by atoms with Gasteiger partial charge in [0, 0.05) is 41.6 Å². The number of hydrogen-bond acceptors (Lipinski definition) is 1. The highest BCUT2D eigenvalue weighted by atomic mass is 14.9. The molecule has 0 bridgehead atoms. The quantitative estimate of drug-likeness (QED) is 0.615. The second-order valence-electron chi connectivity index (χ2n) is 4.34. The number of nitrogens with zero attached hydrogens (tertiary/aromatic N) is 2. The fraction of sp³-hybridized carbons (Fsp3) is 0.133. The second kappa shape index (κ2) is 3.74. The molecule has 84 valence electrons. The molecule has 0 N–H and O–H groups in total. The smallest absolute Gasteiger partial charge is 0.0492 e. The largest absolute Gasteiger partial charge is 0.344 e. The minimum atomic E-state index is 1.21. The van der Waals surface area contributed by atoms with Crippen molar-refractivity contribution in [3.63, 3.8) is 0 Å². The van der Waals surface area contributed by atoms with Crippen LogP contribution in [-0.4, -0.2) is 9.55 Å². The summed E-state index contributed by atoms with van der Waals surface area (Å²) in [5.41, 5.74) is 4.96. The van der Waals surface area contributed by atoms with Crippen molar-refractivity contribution in [1.82, 2.24) is 9.55 Å². The fourth-order valence-corrected chi connectivity index (χ4v) is 2.31. The number of aromatic nitrogens is 2. The van der Waals surface area contributed by atoms with Crippen LogP contribution in [0.15, 0.2) is 48.8 Å². The summed E-state index contributed by atoms with van der Waals surface area (Å²) in [5.74, 6) is 0. The van der Waals surface area contributed by atoms with Crippen molar-refractivity contribution in [1.29, 1.82) is 0 Å². The summed E-state index contributed by atoms with van der Waals surface area (Å²) in [6.45, 7) is 2.10. The number of aryl methyl sites for hydroxylation is 2. The van der Waals surface area contributed by atoms with Gasteiger partial charge in [0.05, 0.1) is 0 Å². The number of hydrogen-bond donors (Lipinski definition) is 0. The summed E-state index contributed by atoms with van der Waals surface area (Å²) < 4.78 is 2.23. The monoisotopic (exact) mass is 222 g/mol. The lowest BCUT2D eigenvalue weighted by molar-refractivity contribution is 0.975. The van der Waals surface area contributed by atoms with E-state index in [4.69, 9.17) is 0 Å². The topological polar surface area (TPSA) is 17.8 Å². The first-order chi connectivity index (χ1) is 8.27.